The maximum absolute atomic E-state index is 12.9. The molecule has 2 atom stereocenters. The largest absolute Gasteiger partial charge is 0.467 e. The summed E-state index contributed by atoms with van der Waals surface area (Å²) in [4.78, 5) is 40.9. The van der Waals surface area contributed by atoms with Gasteiger partial charge in [-0.25, -0.2) is 4.79 Å². The number of benzene rings is 1. The van der Waals surface area contributed by atoms with E-state index in [4.69, 9.17) is 4.74 Å². The van der Waals surface area contributed by atoms with Gasteiger partial charge >= 0.3 is 5.97 Å². The smallest absolute Gasteiger partial charge is 0.328 e. The van der Waals surface area contributed by atoms with E-state index in [1.54, 1.807) is 6.08 Å². The molecule has 2 aliphatic heterocycles. The second kappa shape index (κ2) is 8.34. The Morgan fingerprint density at radius 2 is 1.90 bits per heavy atom. The number of amides is 2. The highest BCUT2D eigenvalue weighted by Gasteiger charge is 2.42. The average Bonchev–Trinajstić information content (AvgIpc) is 2.93. The SMILES string of the molecule is COC(=O)C(C)N1C(=O)S/C(=C/c2cc3c(cc2C)N(C(C)C)C(C)(C)CC3C)C1=O. The van der Waals surface area contributed by atoms with Crippen LogP contribution in [0.4, 0.5) is 10.5 Å². The molecule has 0 aromatic heterocycles. The first-order valence-corrected chi connectivity index (χ1v) is 11.5. The van der Waals surface area contributed by atoms with Crippen LogP contribution in [0.15, 0.2) is 17.0 Å². The number of nitrogens with zero attached hydrogens (tertiary/aromatic N) is 2. The summed E-state index contributed by atoms with van der Waals surface area (Å²) < 4.78 is 4.70. The third-order valence-electron chi connectivity index (χ3n) is 6.22. The Bertz CT molecular complexity index is 967. The predicted molar refractivity (Wildman–Crippen MR) is 125 cm³/mol. The second-order valence-electron chi connectivity index (χ2n) is 9.40. The van der Waals surface area contributed by atoms with Crippen molar-refractivity contribution in [3.8, 4) is 0 Å². The molecule has 2 heterocycles. The van der Waals surface area contributed by atoms with E-state index < -0.39 is 23.2 Å². The number of anilines is 1. The Morgan fingerprint density at radius 3 is 2.48 bits per heavy atom. The lowest BCUT2D eigenvalue weighted by Gasteiger charge is -2.50. The number of carbonyl (C=O) groups is 3. The van der Waals surface area contributed by atoms with Gasteiger partial charge in [0.2, 0.25) is 0 Å². The number of ether oxygens (including phenoxy) is 1. The number of methoxy groups -OCH3 is 1. The van der Waals surface area contributed by atoms with Crippen molar-refractivity contribution < 1.29 is 19.1 Å². The number of rotatable bonds is 4. The number of thioether (sulfide) groups is 1. The zero-order valence-corrected chi connectivity index (χ0v) is 20.4. The van der Waals surface area contributed by atoms with Crippen molar-refractivity contribution in [3.05, 3.63) is 33.7 Å². The van der Waals surface area contributed by atoms with E-state index in [1.165, 1.54) is 25.3 Å². The van der Waals surface area contributed by atoms with Gasteiger partial charge in [-0.15, -0.1) is 0 Å². The molecule has 7 heteroatoms. The molecule has 0 N–H and O–H groups in total. The van der Waals surface area contributed by atoms with Crippen LogP contribution in [0.2, 0.25) is 0 Å². The van der Waals surface area contributed by atoms with E-state index in [0.717, 1.165) is 34.2 Å². The summed E-state index contributed by atoms with van der Waals surface area (Å²) in [7, 11) is 1.24. The van der Waals surface area contributed by atoms with Crippen LogP contribution in [0.25, 0.3) is 6.08 Å². The first kappa shape index (κ1) is 23.4. The van der Waals surface area contributed by atoms with Crippen LogP contribution in [0.3, 0.4) is 0 Å². The van der Waals surface area contributed by atoms with E-state index in [0.29, 0.717) is 16.9 Å². The molecule has 2 amide bonds. The van der Waals surface area contributed by atoms with Crippen LogP contribution in [-0.2, 0) is 14.3 Å². The molecule has 1 aromatic carbocycles. The lowest BCUT2D eigenvalue weighted by atomic mass is 9.78. The van der Waals surface area contributed by atoms with Gasteiger partial charge in [-0.05, 0) is 101 Å². The molecule has 1 aromatic rings. The van der Waals surface area contributed by atoms with Gasteiger partial charge in [-0.1, -0.05) is 6.92 Å². The van der Waals surface area contributed by atoms with Gasteiger partial charge in [0.05, 0.1) is 12.0 Å². The Morgan fingerprint density at radius 1 is 1.26 bits per heavy atom. The van der Waals surface area contributed by atoms with Gasteiger partial charge in [0, 0.05) is 17.3 Å². The number of aryl methyl sites for hydroxylation is 1. The van der Waals surface area contributed by atoms with Gasteiger partial charge in [0.15, 0.2) is 0 Å². The highest BCUT2D eigenvalue weighted by molar-refractivity contribution is 8.18. The highest BCUT2D eigenvalue weighted by Crippen LogP contribution is 2.46. The topological polar surface area (TPSA) is 66.9 Å². The molecule has 0 bridgehead atoms. The zero-order valence-electron chi connectivity index (χ0n) is 19.6. The Labute approximate surface area is 189 Å². The van der Waals surface area contributed by atoms with E-state index >= 15 is 0 Å². The van der Waals surface area contributed by atoms with E-state index in [1.807, 2.05) is 6.92 Å². The van der Waals surface area contributed by atoms with Crippen molar-refractivity contribution in [1.29, 1.82) is 0 Å². The molecule has 1 fully saturated rings. The summed E-state index contributed by atoms with van der Waals surface area (Å²) in [5.41, 5.74) is 4.52. The van der Waals surface area contributed by atoms with Crippen molar-refractivity contribution in [2.24, 2.45) is 0 Å². The second-order valence-corrected chi connectivity index (χ2v) is 10.4. The van der Waals surface area contributed by atoms with Crippen molar-refractivity contribution in [2.75, 3.05) is 12.0 Å². The zero-order chi connectivity index (χ0) is 23.2. The molecule has 0 aliphatic carbocycles. The molecule has 6 nitrogen and oxygen atoms in total. The van der Waals surface area contributed by atoms with Gasteiger partial charge in [0.25, 0.3) is 11.1 Å². The molecule has 168 valence electrons. The summed E-state index contributed by atoms with van der Waals surface area (Å²) in [6, 6.07) is 3.76. The third kappa shape index (κ3) is 4.12. The normalized spacial score (nSPS) is 22.9. The van der Waals surface area contributed by atoms with Crippen LogP contribution >= 0.6 is 11.8 Å². The molecular formula is C24H32N2O4S. The molecule has 0 saturated carbocycles. The van der Waals surface area contributed by atoms with Crippen LogP contribution in [-0.4, -0.2) is 46.7 Å². The fourth-order valence-electron chi connectivity index (χ4n) is 4.98. The fraction of sp³-hybridized carbons (Fsp3) is 0.542. The van der Waals surface area contributed by atoms with Gasteiger partial charge in [0.1, 0.15) is 6.04 Å². The van der Waals surface area contributed by atoms with Crippen molar-refractivity contribution in [2.45, 2.75) is 78.4 Å². The number of hydrogen-bond donors (Lipinski definition) is 0. The molecule has 3 rings (SSSR count). The van der Waals surface area contributed by atoms with Crippen LogP contribution in [0.5, 0.6) is 0 Å². The number of esters is 1. The van der Waals surface area contributed by atoms with E-state index in [2.05, 4.69) is 51.7 Å². The van der Waals surface area contributed by atoms with Gasteiger partial charge in [-0.3, -0.25) is 14.5 Å². The number of fused-ring (bicyclic) bond motifs is 1. The molecular weight excluding hydrogens is 412 g/mol. The highest BCUT2D eigenvalue weighted by atomic mass is 32.2. The standard InChI is InChI=1S/C24H32N2O4S/c1-13(2)26-19-9-14(3)17(10-18(19)15(4)12-24(26,6)7)11-20-21(27)25(23(29)31-20)16(5)22(28)30-8/h9-11,13,15-16H,12H2,1-8H3/b20-11+. The predicted octanol–water partition coefficient (Wildman–Crippen LogP) is 5.09. The Balaban J connectivity index is 2.02. The lowest BCUT2D eigenvalue weighted by molar-refractivity contribution is -0.148. The Kier molecular flexibility index (Phi) is 6.29. The number of carbonyl (C=O) groups excluding carboxylic acids is 3. The minimum atomic E-state index is -0.949. The first-order chi connectivity index (χ1) is 14.4. The Hall–Kier alpha value is -2.28. The summed E-state index contributed by atoms with van der Waals surface area (Å²) in [5.74, 6) is -0.691. The lowest BCUT2D eigenvalue weighted by Crippen LogP contribution is -2.51. The fourth-order valence-corrected chi connectivity index (χ4v) is 5.88. The summed E-state index contributed by atoms with van der Waals surface area (Å²) >= 11 is 0.865. The van der Waals surface area contributed by atoms with Crippen molar-refractivity contribution in [1.82, 2.24) is 4.90 Å². The van der Waals surface area contributed by atoms with Crippen molar-refractivity contribution in [3.63, 3.8) is 0 Å². The van der Waals surface area contributed by atoms with Gasteiger partial charge < -0.3 is 9.64 Å². The summed E-state index contributed by atoms with van der Waals surface area (Å²) in [6.07, 6.45) is 2.81. The monoisotopic (exact) mass is 444 g/mol. The number of imide groups is 1. The average molecular weight is 445 g/mol. The maximum atomic E-state index is 12.9. The quantitative estimate of drug-likeness (QED) is 0.476. The molecule has 0 radical (unpaired) electrons. The van der Waals surface area contributed by atoms with Crippen molar-refractivity contribution >= 4 is 40.6 Å². The minimum absolute atomic E-state index is 0.0568. The van der Waals surface area contributed by atoms with Crippen LogP contribution < -0.4 is 4.90 Å². The molecule has 2 aliphatic rings. The van der Waals surface area contributed by atoms with Gasteiger partial charge in [-0.2, -0.15) is 0 Å². The molecule has 2 unspecified atom stereocenters. The maximum Gasteiger partial charge on any atom is 0.328 e. The molecule has 1 saturated heterocycles. The molecule has 31 heavy (non-hydrogen) atoms. The van der Waals surface area contributed by atoms with Crippen LogP contribution in [0.1, 0.15) is 70.6 Å². The molecule has 0 spiro atoms. The van der Waals surface area contributed by atoms with Crippen LogP contribution in [0, 0.1) is 6.92 Å². The number of hydrogen-bond acceptors (Lipinski definition) is 6. The van der Waals surface area contributed by atoms with E-state index in [-0.39, 0.29) is 5.54 Å². The minimum Gasteiger partial charge on any atom is -0.467 e. The summed E-state index contributed by atoms with van der Waals surface area (Å²) in [6.45, 7) is 14.8. The summed E-state index contributed by atoms with van der Waals surface area (Å²) in [5, 5.41) is -0.453. The first-order valence-electron chi connectivity index (χ1n) is 10.7. The van der Waals surface area contributed by atoms with E-state index in [9.17, 15) is 14.4 Å². The third-order valence-corrected chi connectivity index (χ3v) is 7.10.